The second kappa shape index (κ2) is 7.99. The third-order valence-corrected chi connectivity index (χ3v) is 7.33. The quantitative estimate of drug-likeness (QED) is 0.634. The molecule has 2 atom stereocenters. The van der Waals surface area contributed by atoms with Crippen LogP contribution < -0.4 is 10.1 Å². The van der Waals surface area contributed by atoms with Gasteiger partial charge in [-0.05, 0) is 52.5 Å². The first-order valence-corrected chi connectivity index (χ1v) is 12.0. The van der Waals surface area contributed by atoms with Crippen molar-refractivity contribution in [1.29, 1.82) is 0 Å². The van der Waals surface area contributed by atoms with Crippen LogP contribution >= 0.6 is 0 Å². The van der Waals surface area contributed by atoms with Crippen molar-refractivity contribution in [3.63, 3.8) is 0 Å². The smallest absolute Gasteiger partial charge is 0.410 e. The molecule has 182 valence electrons. The molecule has 5 rings (SSSR count). The van der Waals surface area contributed by atoms with Crippen LogP contribution in [-0.2, 0) is 26.3 Å². The molecule has 1 N–H and O–H groups in total. The predicted octanol–water partition coefficient (Wildman–Crippen LogP) is 2.50. The van der Waals surface area contributed by atoms with E-state index in [0.717, 1.165) is 36.1 Å². The van der Waals surface area contributed by atoms with Crippen LogP contribution in [0.3, 0.4) is 0 Å². The van der Waals surface area contributed by atoms with Crippen molar-refractivity contribution in [1.82, 2.24) is 15.1 Å². The number of rotatable bonds is 1. The zero-order valence-electron chi connectivity index (χ0n) is 19.9. The highest BCUT2D eigenvalue weighted by atomic mass is 16.6. The predicted molar refractivity (Wildman–Crippen MR) is 121 cm³/mol. The Morgan fingerprint density at radius 1 is 1.18 bits per heavy atom. The van der Waals surface area contributed by atoms with E-state index in [9.17, 15) is 19.2 Å². The number of nitrogens with one attached hydrogen (secondary N) is 1. The molecule has 1 aromatic carbocycles. The molecule has 9 heteroatoms. The number of hydrogen-bond donors (Lipinski definition) is 1. The summed E-state index contributed by atoms with van der Waals surface area (Å²) in [6.07, 6.45) is 2.73. The normalized spacial score (nSPS) is 26.7. The maximum atomic E-state index is 13.1. The molecule has 0 radical (unpaired) electrons. The summed E-state index contributed by atoms with van der Waals surface area (Å²) in [7, 11) is 0. The van der Waals surface area contributed by atoms with Crippen LogP contribution in [0.4, 0.5) is 4.79 Å². The third kappa shape index (κ3) is 3.80. The fourth-order valence-corrected chi connectivity index (χ4v) is 5.60. The second-order valence-corrected chi connectivity index (χ2v) is 10.8. The van der Waals surface area contributed by atoms with Gasteiger partial charge in [0.2, 0.25) is 11.8 Å². The standard InChI is InChI=1S/C25H31N3O6/c1-24(2,3)34-23(32)27-11-4-9-25(10-12-27)14-33-20-16-13-28(18-7-8-19(29)26-21(18)30)22(31)15(16)5-6-17(20)25/h5-6,18H,4,7-14H2,1-3H3,(H,26,29,30). The largest absolute Gasteiger partial charge is 0.492 e. The van der Waals surface area contributed by atoms with Crippen molar-refractivity contribution < 1.29 is 28.7 Å². The van der Waals surface area contributed by atoms with E-state index in [-0.39, 0.29) is 29.7 Å². The molecule has 1 spiro atoms. The number of piperidine rings is 1. The topological polar surface area (TPSA) is 105 Å². The van der Waals surface area contributed by atoms with Crippen LogP contribution in [0.15, 0.2) is 12.1 Å². The Labute approximate surface area is 198 Å². The Kier molecular flexibility index (Phi) is 5.33. The zero-order valence-corrected chi connectivity index (χ0v) is 19.9. The van der Waals surface area contributed by atoms with Crippen LogP contribution in [0.1, 0.15) is 74.4 Å². The average molecular weight is 470 g/mol. The monoisotopic (exact) mass is 469 g/mol. The van der Waals surface area contributed by atoms with Gasteiger partial charge >= 0.3 is 6.09 Å². The number of fused-ring (bicyclic) bond motifs is 4. The summed E-state index contributed by atoms with van der Waals surface area (Å²) in [5.41, 5.74) is 1.70. The first kappa shape index (κ1) is 22.7. The van der Waals surface area contributed by atoms with Crippen LogP contribution in [-0.4, -0.2) is 65.0 Å². The maximum Gasteiger partial charge on any atom is 0.410 e. The molecular weight excluding hydrogens is 438 g/mol. The molecule has 0 aromatic heterocycles. The molecule has 4 amide bonds. The Bertz CT molecular complexity index is 1080. The van der Waals surface area contributed by atoms with Gasteiger partial charge in [0, 0.05) is 41.6 Å². The molecule has 2 saturated heterocycles. The summed E-state index contributed by atoms with van der Waals surface area (Å²) >= 11 is 0. The van der Waals surface area contributed by atoms with Crippen molar-refractivity contribution in [3.05, 3.63) is 28.8 Å². The first-order valence-electron chi connectivity index (χ1n) is 12.0. The number of benzene rings is 1. The first-order chi connectivity index (χ1) is 16.1. The number of carbonyl (C=O) groups is 4. The van der Waals surface area contributed by atoms with Gasteiger partial charge in [-0.3, -0.25) is 19.7 Å². The van der Waals surface area contributed by atoms with Gasteiger partial charge in [-0.15, -0.1) is 0 Å². The fourth-order valence-electron chi connectivity index (χ4n) is 5.60. The van der Waals surface area contributed by atoms with E-state index in [1.807, 2.05) is 32.9 Å². The SMILES string of the molecule is CC(C)(C)OC(=O)N1CCCC2(CC1)COc1c2ccc2c1CN(C1CCC(=O)NC1=O)C2=O. The summed E-state index contributed by atoms with van der Waals surface area (Å²) in [4.78, 5) is 53.0. The number of ether oxygens (including phenoxy) is 2. The van der Waals surface area contributed by atoms with Gasteiger partial charge in [0.25, 0.3) is 5.91 Å². The van der Waals surface area contributed by atoms with Crippen LogP contribution in [0.25, 0.3) is 0 Å². The Morgan fingerprint density at radius 2 is 1.97 bits per heavy atom. The molecule has 0 aliphatic carbocycles. The number of amides is 4. The van der Waals surface area contributed by atoms with Gasteiger partial charge in [0.15, 0.2) is 0 Å². The van der Waals surface area contributed by atoms with E-state index >= 15 is 0 Å². The minimum Gasteiger partial charge on any atom is -0.492 e. The molecule has 2 fully saturated rings. The third-order valence-electron chi connectivity index (χ3n) is 7.33. The summed E-state index contributed by atoms with van der Waals surface area (Å²) in [5.74, 6) is -0.178. The minimum absolute atomic E-state index is 0.200. The summed E-state index contributed by atoms with van der Waals surface area (Å²) in [6.45, 7) is 7.62. The molecule has 4 aliphatic rings. The number of nitrogens with zero attached hydrogens (tertiary/aromatic N) is 2. The van der Waals surface area contributed by atoms with Crippen molar-refractivity contribution in [3.8, 4) is 5.75 Å². The van der Waals surface area contributed by atoms with E-state index in [4.69, 9.17) is 9.47 Å². The Balaban J connectivity index is 1.36. The molecular formula is C25H31N3O6. The maximum absolute atomic E-state index is 13.1. The van der Waals surface area contributed by atoms with E-state index < -0.39 is 17.6 Å². The lowest BCUT2D eigenvalue weighted by Crippen LogP contribution is -2.52. The van der Waals surface area contributed by atoms with Gasteiger partial charge in [-0.2, -0.15) is 0 Å². The van der Waals surface area contributed by atoms with E-state index in [1.54, 1.807) is 9.80 Å². The van der Waals surface area contributed by atoms with Crippen LogP contribution in [0.2, 0.25) is 0 Å². The molecule has 9 nitrogen and oxygen atoms in total. The highest BCUT2D eigenvalue weighted by molar-refractivity contribution is 6.05. The molecule has 0 saturated carbocycles. The minimum atomic E-state index is -0.649. The van der Waals surface area contributed by atoms with Crippen LogP contribution in [0, 0.1) is 0 Å². The number of likely N-dealkylation sites (tertiary alicyclic amines) is 1. The lowest BCUT2D eigenvalue weighted by molar-refractivity contribution is -0.136. The van der Waals surface area contributed by atoms with Crippen LogP contribution in [0.5, 0.6) is 5.75 Å². The number of carbonyl (C=O) groups excluding carboxylic acids is 4. The molecule has 2 unspecified atom stereocenters. The van der Waals surface area contributed by atoms with Gasteiger partial charge in [-0.25, -0.2) is 4.79 Å². The van der Waals surface area contributed by atoms with Gasteiger partial charge in [0.05, 0.1) is 13.2 Å². The Hall–Kier alpha value is -3.10. The van der Waals surface area contributed by atoms with Crippen molar-refractivity contribution >= 4 is 23.8 Å². The summed E-state index contributed by atoms with van der Waals surface area (Å²) in [5, 5.41) is 2.34. The lowest BCUT2D eigenvalue weighted by atomic mass is 9.75. The van der Waals surface area contributed by atoms with E-state index in [0.29, 0.717) is 38.2 Å². The molecule has 4 heterocycles. The molecule has 34 heavy (non-hydrogen) atoms. The number of imide groups is 1. The fraction of sp³-hybridized carbons (Fsp3) is 0.600. The lowest BCUT2D eigenvalue weighted by Gasteiger charge is -2.29. The van der Waals surface area contributed by atoms with Crippen molar-refractivity contribution in [2.24, 2.45) is 0 Å². The van der Waals surface area contributed by atoms with Gasteiger partial charge < -0.3 is 19.3 Å². The highest BCUT2D eigenvalue weighted by Crippen LogP contribution is 2.49. The highest BCUT2D eigenvalue weighted by Gasteiger charge is 2.47. The summed E-state index contributed by atoms with van der Waals surface area (Å²) in [6, 6.07) is 3.18. The average Bonchev–Trinajstić information content (AvgIpc) is 3.18. The van der Waals surface area contributed by atoms with Crippen molar-refractivity contribution in [2.75, 3.05) is 19.7 Å². The number of hydrogen-bond acceptors (Lipinski definition) is 6. The summed E-state index contributed by atoms with van der Waals surface area (Å²) < 4.78 is 11.8. The second-order valence-electron chi connectivity index (χ2n) is 10.8. The Morgan fingerprint density at radius 3 is 2.71 bits per heavy atom. The molecule has 0 bridgehead atoms. The van der Waals surface area contributed by atoms with E-state index in [1.165, 1.54) is 0 Å². The van der Waals surface area contributed by atoms with Gasteiger partial charge in [0.1, 0.15) is 17.4 Å². The molecule has 1 aromatic rings. The molecule has 4 aliphatic heterocycles. The van der Waals surface area contributed by atoms with E-state index in [2.05, 4.69) is 5.32 Å². The van der Waals surface area contributed by atoms with Crippen molar-refractivity contribution in [2.45, 2.75) is 76.5 Å². The zero-order chi connectivity index (χ0) is 24.3. The van der Waals surface area contributed by atoms with Gasteiger partial charge in [-0.1, -0.05) is 6.07 Å².